The first-order valence-electron chi connectivity index (χ1n) is 14.2. The number of hydrogen-bond acceptors (Lipinski definition) is 5. The molecule has 39 heavy (non-hydrogen) atoms. The molecule has 2 aromatic rings. The molecular formula is C31H39F2N5O. The van der Waals surface area contributed by atoms with E-state index in [0.717, 1.165) is 73.3 Å². The number of pyridine rings is 1. The second-order valence-electron chi connectivity index (χ2n) is 11.0. The molecule has 1 amide bonds. The van der Waals surface area contributed by atoms with Crippen molar-refractivity contribution in [2.24, 2.45) is 0 Å². The molecule has 1 unspecified atom stereocenters. The van der Waals surface area contributed by atoms with Crippen LogP contribution in [-0.2, 0) is 0 Å². The number of benzene rings is 1. The molecule has 2 saturated heterocycles. The number of likely N-dealkylation sites (tertiary alicyclic amines) is 2. The number of carbonyl (C=O) groups excluding carboxylic acids is 1. The van der Waals surface area contributed by atoms with Gasteiger partial charge >= 0.3 is 0 Å². The Morgan fingerprint density at radius 2 is 1.85 bits per heavy atom. The van der Waals surface area contributed by atoms with Crippen LogP contribution in [0.25, 0.3) is 11.1 Å². The van der Waals surface area contributed by atoms with E-state index in [1.807, 2.05) is 37.4 Å². The zero-order valence-electron chi connectivity index (χ0n) is 23.0. The van der Waals surface area contributed by atoms with Crippen LogP contribution in [0.5, 0.6) is 0 Å². The van der Waals surface area contributed by atoms with E-state index >= 15 is 0 Å². The normalized spacial score (nSPS) is 21.2. The van der Waals surface area contributed by atoms with Gasteiger partial charge in [0, 0.05) is 62.0 Å². The van der Waals surface area contributed by atoms with E-state index < -0.39 is 5.83 Å². The van der Waals surface area contributed by atoms with E-state index in [4.69, 9.17) is 0 Å². The number of nitrogens with zero attached hydrogens (tertiary/aromatic N) is 4. The number of allylic oxidation sites excluding steroid dienone is 3. The van der Waals surface area contributed by atoms with Crippen molar-refractivity contribution in [1.29, 1.82) is 0 Å². The molecule has 6 nitrogen and oxygen atoms in total. The minimum atomic E-state index is -0.422. The summed E-state index contributed by atoms with van der Waals surface area (Å²) in [5.41, 5.74) is 3.55. The Kier molecular flexibility index (Phi) is 8.60. The van der Waals surface area contributed by atoms with Crippen molar-refractivity contribution in [3.8, 4) is 11.1 Å². The summed E-state index contributed by atoms with van der Waals surface area (Å²) in [6, 6.07) is 10.1. The van der Waals surface area contributed by atoms with Crippen LogP contribution in [0.15, 0.2) is 60.3 Å². The Morgan fingerprint density at radius 1 is 1.08 bits per heavy atom. The van der Waals surface area contributed by atoms with Crippen LogP contribution in [0.3, 0.4) is 0 Å². The van der Waals surface area contributed by atoms with Crippen LogP contribution in [0.2, 0.25) is 0 Å². The van der Waals surface area contributed by atoms with Gasteiger partial charge in [0.05, 0.1) is 11.5 Å². The number of carbonyl (C=O) groups is 1. The minimum absolute atomic E-state index is 0.115. The van der Waals surface area contributed by atoms with Crippen LogP contribution in [-0.4, -0.2) is 72.0 Å². The van der Waals surface area contributed by atoms with Crippen LogP contribution in [0, 0.1) is 0 Å². The fraction of sp³-hybridized carbons (Fsp3) is 0.484. The molecule has 3 aliphatic heterocycles. The molecule has 0 aliphatic carbocycles. The van der Waals surface area contributed by atoms with Gasteiger partial charge in [-0.2, -0.15) is 0 Å². The lowest BCUT2D eigenvalue weighted by Gasteiger charge is -2.36. The van der Waals surface area contributed by atoms with E-state index in [0.29, 0.717) is 19.1 Å². The molecule has 0 saturated carbocycles. The van der Waals surface area contributed by atoms with Crippen LogP contribution in [0.1, 0.15) is 56.3 Å². The topological polar surface area (TPSA) is 51.7 Å². The van der Waals surface area contributed by atoms with E-state index in [9.17, 15) is 13.6 Å². The lowest BCUT2D eigenvalue weighted by atomic mass is 10.0. The highest BCUT2D eigenvalue weighted by Crippen LogP contribution is 2.34. The molecule has 1 N–H and O–H groups in total. The number of halogens is 2. The van der Waals surface area contributed by atoms with Gasteiger partial charge in [-0.3, -0.25) is 4.79 Å². The molecule has 0 bridgehead atoms. The maximum Gasteiger partial charge on any atom is 0.254 e. The molecule has 2 atom stereocenters. The first-order chi connectivity index (χ1) is 18.9. The first-order valence-corrected chi connectivity index (χ1v) is 14.2. The van der Waals surface area contributed by atoms with Crippen molar-refractivity contribution < 1.29 is 13.6 Å². The smallest absolute Gasteiger partial charge is 0.254 e. The van der Waals surface area contributed by atoms with Crippen LogP contribution in [0.4, 0.5) is 20.3 Å². The highest BCUT2D eigenvalue weighted by molar-refractivity contribution is 5.95. The molecule has 2 fully saturated rings. The van der Waals surface area contributed by atoms with Crippen molar-refractivity contribution in [3.63, 3.8) is 0 Å². The number of anilines is 2. The molecule has 3 aliphatic rings. The van der Waals surface area contributed by atoms with E-state index in [1.165, 1.54) is 25.8 Å². The summed E-state index contributed by atoms with van der Waals surface area (Å²) in [7, 11) is 0. The molecule has 1 aromatic heterocycles. The summed E-state index contributed by atoms with van der Waals surface area (Å²) in [6.07, 6.45) is 9.03. The molecule has 0 spiro atoms. The van der Waals surface area contributed by atoms with E-state index in [2.05, 4.69) is 31.1 Å². The van der Waals surface area contributed by atoms with Crippen molar-refractivity contribution in [1.82, 2.24) is 14.8 Å². The third kappa shape index (κ3) is 6.49. The summed E-state index contributed by atoms with van der Waals surface area (Å²) in [5, 5.41) is 3.33. The number of hydrogen-bond donors (Lipinski definition) is 1. The van der Waals surface area contributed by atoms with Gasteiger partial charge in [0.2, 0.25) is 0 Å². The highest BCUT2D eigenvalue weighted by atomic mass is 19.1. The average molecular weight is 536 g/mol. The minimum Gasteiger partial charge on any atom is -0.367 e. The van der Waals surface area contributed by atoms with Crippen molar-refractivity contribution in [2.45, 2.75) is 58.0 Å². The fourth-order valence-corrected chi connectivity index (χ4v) is 6.03. The van der Waals surface area contributed by atoms with Crippen molar-refractivity contribution in [2.75, 3.05) is 49.5 Å². The molecule has 208 valence electrons. The molecule has 8 heteroatoms. The lowest BCUT2D eigenvalue weighted by molar-refractivity contribution is 0.0709. The largest absolute Gasteiger partial charge is 0.367 e. The van der Waals surface area contributed by atoms with Crippen molar-refractivity contribution in [3.05, 3.63) is 65.9 Å². The van der Waals surface area contributed by atoms with Gasteiger partial charge in [-0.1, -0.05) is 12.1 Å². The van der Waals surface area contributed by atoms with Gasteiger partial charge < -0.3 is 20.0 Å². The molecule has 0 radical (unpaired) electrons. The molecular weight excluding hydrogens is 496 g/mol. The number of nitrogens with one attached hydrogen (secondary N) is 1. The van der Waals surface area contributed by atoms with Crippen molar-refractivity contribution >= 4 is 17.4 Å². The van der Waals surface area contributed by atoms with E-state index in [-0.39, 0.29) is 24.2 Å². The Balaban J connectivity index is 1.29. The quantitative estimate of drug-likeness (QED) is 0.409. The van der Waals surface area contributed by atoms with E-state index in [1.54, 1.807) is 0 Å². The second kappa shape index (κ2) is 12.3. The summed E-state index contributed by atoms with van der Waals surface area (Å²) in [6.45, 7) is 8.81. The van der Waals surface area contributed by atoms with Crippen LogP contribution < -0.4 is 10.2 Å². The summed E-state index contributed by atoms with van der Waals surface area (Å²) in [4.78, 5) is 24.7. The summed E-state index contributed by atoms with van der Waals surface area (Å²) < 4.78 is 27.4. The molecule has 4 heterocycles. The lowest BCUT2D eigenvalue weighted by Crippen LogP contribution is -2.42. The number of amides is 1. The van der Waals surface area contributed by atoms with Gasteiger partial charge in [0.15, 0.2) is 0 Å². The number of fused-ring (bicyclic) bond motifs is 1. The third-order valence-corrected chi connectivity index (χ3v) is 8.11. The van der Waals surface area contributed by atoms with Gasteiger partial charge in [-0.25, -0.2) is 13.8 Å². The number of rotatable bonds is 8. The standard InChI is InChI=1S/C31H39F2N5O/c1-22(32)7-12-27(33)18-23(2)37-17-13-34-30-29(37)19-26(20-35-30)24-8-10-25(11-9-24)31(39)38-16-5-6-28(38)21-36-14-3-4-15-36/h7-12,19-20,23,28H,3-6,13-18,21H2,1-2H3,(H,34,35)/b22-7+,27-12+/t23?,28-/m0/s1. The number of aromatic nitrogens is 1. The second-order valence-corrected chi connectivity index (χ2v) is 11.0. The Hall–Kier alpha value is -3.26. The monoisotopic (exact) mass is 535 g/mol. The van der Waals surface area contributed by atoms with Gasteiger partial charge in [-0.05, 0) is 88.5 Å². The highest BCUT2D eigenvalue weighted by Gasteiger charge is 2.31. The molecule has 5 rings (SSSR count). The first kappa shape index (κ1) is 27.3. The molecule has 1 aromatic carbocycles. The fourth-order valence-electron chi connectivity index (χ4n) is 6.03. The Morgan fingerprint density at radius 3 is 2.59 bits per heavy atom. The predicted octanol–water partition coefficient (Wildman–Crippen LogP) is 6.19. The Labute approximate surface area is 230 Å². The van der Waals surface area contributed by atoms with Gasteiger partial charge in [-0.15, -0.1) is 0 Å². The van der Waals surface area contributed by atoms with Gasteiger partial charge in [0.25, 0.3) is 5.91 Å². The van der Waals surface area contributed by atoms with Gasteiger partial charge in [0.1, 0.15) is 11.6 Å². The SMILES string of the molecule is C/C(F)=C\C=C(\F)CC(C)N1CCNc2ncc(-c3ccc(C(=O)N4CCC[C@H]4CN4CCCC4)cc3)cc21. The zero-order chi connectivity index (χ0) is 27.4. The maximum atomic E-state index is 14.4. The average Bonchev–Trinajstić information content (AvgIpc) is 3.63. The Bertz CT molecular complexity index is 1220. The zero-order valence-corrected chi connectivity index (χ0v) is 23.0. The third-order valence-electron chi connectivity index (χ3n) is 8.11. The van der Waals surface area contributed by atoms with Crippen LogP contribution >= 0.6 is 0 Å². The summed E-state index contributed by atoms with van der Waals surface area (Å²) >= 11 is 0. The summed E-state index contributed by atoms with van der Waals surface area (Å²) in [5.74, 6) is 0.105. The predicted molar refractivity (Wildman–Crippen MR) is 153 cm³/mol. The maximum absolute atomic E-state index is 14.4.